The molecule has 6 heteroatoms. The van der Waals surface area contributed by atoms with Crippen LogP contribution in [-0.4, -0.2) is 40.1 Å². The molecule has 0 aliphatic carbocycles. The average molecular weight is 323 g/mol. The maximum absolute atomic E-state index is 12.4. The molecule has 1 aliphatic heterocycles. The van der Waals surface area contributed by atoms with E-state index in [9.17, 15) is 9.90 Å². The summed E-state index contributed by atoms with van der Waals surface area (Å²) in [7, 11) is 0. The Hall–Kier alpha value is -2.91. The number of rotatable bonds is 4. The number of benzene rings is 1. The first-order valence-electron chi connectivity index (χ1n) is 7.72. The summed E-state index contributed by atoms with van der Waals surface area (Å²) in [6.07, 6.45) is 0.819. The van der Waals surface area contributed by atoms with E-state index in [4.69, 9.17) is 10.00 Å². The number of carbonyl (C=O) groups excluding carboxylic acids is 1. The highest BCUT2D eigenvalue weighted by atomic mass is 16.5. The summed E-state index contributed by atoms with van der Waals surface area (Å²) in [5.41, 5.74) is 1.06. The first kappa shape index (κ1) is 16.0. The molecule has 2 aromatic rings. The van der Waals surface area contributed by atoms with E-state index in [2.05, 4.69) is 4.98 Å². The van der Waals surface area contributed by atoms with Crippen molar-refractivity contribution in [3.8, 4) is 11.9 Å². The molecule has 0 saturated carbocycles. The van der Waals surface area contributed by atoms with Crippen molar-refractivity contribution in [1.82, 2.24) is 9.88 Å². The van der Waals surface area contributed by atoms with Crippen LogP contribution in [0.25, 0.3) is 0 Å². The lowest BCUT2D eigenvalue weighted by Crippen LogP contribution is -2.34. The van der Waals surface area contributed by atoms with Crippen molar-refractivity contribution in [1.29, 1.82) is 5.26 Å². The maximum Gasteiger partial charge on any atom is 0.256 e. The third-order valence-electron chi connectivity index (χ3n) is 3.96. The number of amides is 1. The third kappa shape index (κ3) is 3.53. The van der Waals surface area contributed by atoms with Crippen molar-refractivity contribution in [3.63, 3.8) is 0 Å². The minimum Gasteiger partial charge on any atom is -0.472 e. The predicted octanol–water partition coefficient (Wildman–Crippen LogP) is 1.67. The number of aromatic nitrogens is 1. The summed E-state index contributed by atoms with van der Waals surface area (Å²) in [6, 6.07) is 14.1. The monoisotopic (exact) mass is 323 g/mol. The number of aliphatic hydroxyl groups is 1. The number of hydrogen-bond acceptors (Lipinski definition) is 5. The Balaban J connectivity index is 1.60. The molecule has 1 aliphatic rings. The second-order valence-corrected chi connectivity index (χ2v) is 5.62. The SMILES string of the molecule is N#Cc1ccnc(OC2CCN(C(=O)C(O)c3ccccc3)C2)c1. The Morgan fingerprint density at radius 1 is 1.38 bits per heavy atom. The van der Waals surface area contributed by atoms with E-state index in [0.29, 0.717) is 36.5 Å². The molecular formula is C18H17N3O3. The predicted molar refractivity (Wildman–Crippen MR) is 86.0 cm³/mol. The van der Waals surface area contributed by atoms with Gasteiger partial charge in [0.25, 0.3) is 5.91 Å². The summed E-state index contributed by atoms with van der Waals surface area (Å²) >= 11 is 0. The van der Waals surface area contributed by atoms with Gasteiger partial charge in [0.15, 0.2) is 6.10 Å². The van der Waals surface area contributed by atoms with Crippen molar-refractivity contribution >= 4 is 5.91 Å². The highest BCUT2D eigenvalue weighted by Crippen LogP contribution is 2.21. The Morgan fingerprint density at radius 3 is 2.92 bits per heavy atom. The summed E-state index contributed by atoms with van der Waals surface area (Å²) in [5, 5.41) is 19.1. The summed E-state index contributed by atoms with van der Waals surface area (Å²) in [5.74, 6) is 0.0444. The summed E-state index contributed by atoms with van der Waals surface area (Å²) < 4.78 is 5.75. The fraction of sp³-hybridized carbons (Fsp3) is 0.278. The fourth-order valence-electron chi connectivity index (χ4n) is 2.69. The Bertz CT molecular complexity index is 758. The molecule has 122 valence electrons. The fourth-order valence-corrected chi connectivity index (χ4v) is 2.69. The number of hydrogen-bond donors (Lipinski definition) is 1. The summed E-state index contributed by atoms with van der Waals surface area (Å²) in [4.78, 5) is 18.1. The van der Waals surface area contributed by atoms with Crippen LogP contribution < -0.4 is 4.74 Å². The van der Waals surface area contributed by atoms with Crippen molar-refractivity contribution in [3.05, 3.63) is 59.8 Å². The molecule has 1 aromatic heterocycles. The van der Waals surface area contributed by atoms with Crippen LogP contribution in [0.1, 0.15) is 23.7 Å². The molecule has 1 aromatic carbocycles. The lowest BCUT2D eigenvalue weighted by Gasteiger charge is -2.20. The lowest BCUT2D eigenvalue weighted by molar-refractivity contribution is -0.139. The molecule has 2 atom stereocenters. The minimum absolute atomic E-state index is 0.196. The smallest absolute Gasteiger partial charge is 0.256 e. The van der Waals surface area contributed by atoms with Crippen molar-refractivity contribution < 1.29 is 14.6 Å². The largest absolute Gasteiger partial charge is 0.472 e. The Labute approximate surface area is 139 Å². The van der Waals surface area contributed by atoms with E-state index in [1.807, 2.05) is 12.1 Å². The zero-order chi connectivity index (χ0) is 16.9. The van der Waals surface area contributed by atoms with Gasteiger partial charge in [-0.15, -0.1) is 0 Å². The molecule has 1 fully saturated rings. The van der Waals surface area contributed by atoms with E-state index in [-0.39, 0.29) is 12.0 Å². The molecule has 1 saturated heterocycles. The average Bonchev–Trinajstić information content (AvgIpc) is 3.09. The van der Waals surface area contributed by atoms with Crippen LogP contribution >= 0.6 is 0 Å². The number of pyridine rings is 1. The molecule has 1 amide bonds. The standard InChI is InChI=1S/C18H17N3O3/c19-11-13-6-8-20-16(10-13)24-15-7-9-21(12-15)18(23)17(22)14-4-2-1-3-5-14/h1-6,8,10,15,17,22H,7,9,12H2. The van der Waals surface area contributed by atoms with Gasteiger partial charge in [-0.2, -0.15) is 5.26 Å². The number of nitriles is 1. The molecule has 2 heterocycles. The van der Waals surface area contributed by atoms with Crippen LogP contribution in [-0.2, 0) is 4.79 Å². The number of nitrogens with zero attached hydrogens (tertiary/aromatic N) is 3. The normalized spacial score (nSPS) is 18.0. The Kier molecular flexibility index (Phi) is 4.73. The van der Waals surface area contributed by atoms with Crippen LogP contribution in [0.4, 0.5) is 0 Å². The van der Waals surface area contributed by atoms with Crippen LogP contribution in [0.15, 0.2) is 48.7 Å². The van der Waals surface area contributed by atoms with Crippen molar-refractivity contribution in [2.75, 3.05) is 13.1 Å². The van der Waals surface area contributed by atoms with Gasteiger partial charge < -0.3 is 14.7 Å². The molecule has 0 radical (unpaired) electrons. The van der Waals surface area contributed by atoms with E-state index >= 15 is 0 Å². The second kappa shape index (κ2) is 7.11. The van der Waals surface area contributed by atoms with E-state index in [1.165, 1.54) is 6.20 Å². The third-order valence-corrected chi connectivity index (χ3v) is 3.96. The van der Waals surface area contributed by atoms with Crippen LogP contribution in [0.2, 0.25) is 0 Å². The minimum atomic E-state index is -1.16. The molecule has 6 nitrogen and oxygen atoms in total. The molecule has 3 rings (SSSR count). The van der Waals surface area contributed by atoms with Gasteiger partial charge >= 0.3 is 0 Å². The van der Waals surface area contributed by atoms with E-state index < -0.39 is 6.10 Å². The van der Waals surface area contributed by atoms with Gasteiger partial charge in [-0.1, -0.05) is 30.3 Å². The van der Waals surface area contributed by atoms with Gasteiger partial charge in [0.1, 0.15) is 6.10 Å². The van der Waals surface area contributed by atoms with Crippen LogP contribution in [0.3, 0.4) is 0 Å². The first-order chi connectivity index (χ1) is 11.7. The van der Waals surface area contributed by atoms with E-state index in [1.54, 1.807) is 41.3 Å². The van der Waals surface area contributed by atoms with Gasteiger partial charge in [0, 0.05) is 25.2 Å². The molecule has 1 N–H and O–H groups in total. The number of likely N-dealkylation sites (tertiary alicyclic amines) is 1. The first-order valence-corrected chi connectivity index (χ1v) is 7.72. The zero-order valence-corrected chi connectivity index (χ0v) is 13.0. The van der Waals surface area contributed by atoms with Crippen LogP contribution in [0, 0.1) is 11.3 Å². The second-order valence-electron chi connectivity index (χ2n) is 5.62. The molecule has 0 spiro atoms. The maximum atomic E-state index is 12.4. The van der Waals surface area contributed by atoms with Gasteiger partial charge in [-0.3, -0.25) is 4.79 Å². The van der Waals surface area contributed by atoms with Crippen molar-refractivity contribution in [2.45, 2.75) is 18.6 Å². The molecule has 0 bridgehead atoms. The Morgan fingerprint density at radius 2 is 2.17 bits per heavy atom. The number of aliphatic hydroxyl groups excluding tert-OH is 1. The molecule has 2 unspecified atom stereocenters. The highest BCUT2D eigenvalue weighted by molar-refractivity contribution is 5.82. The van der Waals surface area contributed by atoms with Gasteiger partial charge in [-0.25, -0.2) is 4.98 Å². The number of carbonyl (C=O) groups is 1. The summed E-state index contributed by atoms with van der Waals surface area (Å²) in [6.45, 7) is 0.909. The topological polar surface area (TPSA) is 86.5 Å². The van der Waals surface area contributed by atoms with E-state index in [0.717, 1.165) is 0 Å². The highest BCUT2D eigenvalue weighted by Gasteiger charge is 2.31. The van der Waals surface area contributed by atoms with Crippen LogP contribution in [0.5, 0.6) is 5.88 Å². The lowest BCUT2D eigenvalue weighted by atomic mass is 10.1. The van der Waals surface area contributed by atoms with Gasteiger partial charge in [-0.05, 0) is 11.6 Å². The number of ether oxygens (including phenoxy) is 1. The zero-order valence-electron chi connectivity index (χ0n) is 13.0. The van der Waals surface area contributed by atoms with Crippen molar-refractivity contribution in [2.24, 2.45) is 0 Å². The molecule has 24 heavy (non-hydrogen) atoms. The molecular weight excluding hydrogens is 306 g/mol. The van der Waals surface area contributed by atoms with Gasteiger partial charge in [0.2, 0.25) is 5.88 Å². The quantitative estimate of drug-likeness (QED) is 0.925. The van der Waals surface area contributed by atoms with Gasteiger partial charge in [0.05, 0.1) is 18.2 Å².